The van der Waals surface area contributed by atoms with Crippen molar-refractivity contribution in [1.82, 2.24) is 10.2 Å². The molecule has 0 unspecified atom stereocenters. The van der Waals surface area contributed by atoms with E-state index in [1.807, 2.05) is 42.5 Å². The van der Waals surface area contributed by atoms with Crippen LogP contribution in [0.5, 0.6) is 5.75 Å². The summed E-state index contributed by atoms with van der Waals surface area (Å²) < 4.78 is 5.74. The van der Waals surface area contributed by atoms with Gasteiger partial charge in [0.1, 0.15) is 17.9 Å². The Balaban J connectivity index is 1.39. The molecule has 2 aromatic rings. The van der Waals surface area contributed by atoms with E-state index < -0.39 is 5.54 Å². The van der Waals surface area contributed by atoms with Gasteiger partial charge in [0, 0.05) is 5.75 Å². The molecule has 0 aliphatic carbocycles. The highest BCUT2D eigenvalue weighted by Gasteiger charge is 2.52. The molecule has 4 rings (SSSR count). The number of rotatable bonds is 4. The van der Waals surface area contributed by atoms with Crippen LogP contribution in [0.15, 0.2) is 42.5 Å². The topological polar surface area (TPSA) is 58.6 Å². The average molecular weight is 342 g/mol. The molecule has 2 saturated heterocycles. The molecule has 24 heavy (non-hydrogen) atoms. The first-order chi connectivity index (χ1) is 11.7. The predicted octanol–water partition coefficient (Wildman–Crippen LogP) is 2.65. The number of carbonyl (C=O) groups is 2. The second-order valence-electron chi connectivity index (χ2n) is 6.13. The van der Waals surface area contributed by atoms with Gasteiger partial charge < -0.3 is 10.1 Å². The van der Waals surface area contributed by atoms with Crippen molar-refractivity contribution in [3.63, 3.8) is 0 Å². The van der Waals surface area contributed by atoms with Crippen molar-refractivity contribution in [1.29, 1.82) is 0 Å². The van der Waals surface area contributed by atoms with E-state index in [-0.39, 0.29) is 18.5 Å². The molecule has 1 atom stereocenters. The normalized spacial score (nSPS) is 23.2. The van der Waals surface area contributed by atoms with Crippen LogP contribution in [-0.2, 0) is 4.79 Å². The molecular formula is C18H18N2O3S. The van der Waals surface area contributed by atoms with Gasteiger partial charge in [0.05, 0.1) is 6.54 Å². The minimum Gasteiger partial charge on any atom is -0.492 e. The quantitative estimate of drug-likeness (QED) is 0.868. The minimum absolute atomic E-state index is 0.111. The first kappa shape index (κ1) is 15.3. The van der Waals surface area contributed by atoms with Crippen LogP contribution in [0.1, 0.15) is 6.42 Å². The number of imide groups is 1. The largest absolute Gasteiger partial charge is 0.492 e. The maximum Gasteiger partial charge on any atom is 0.325 e. The van der Waals surface area contributed by atoms with Gasteiger partial charge in [-0.2, -0.15) is 11.8 Å². The van der Waals surface area contributed by atoms with Gasteiger partial charge in [0.15, 0.2) is 0 Å². The van der Waals surface area contributed by atoms with Gasteiger partial charge in [0.25, 0.3) is 5.91 Å². The smallest absolute Gasteiger partial charge is 0.325 e. The predicted molar refractivity (Wildman–Crippen MR) is 94.4 cm³/mol. The lowest BCUT2D eigenvalue weighted by Gasteiger charge is -2.19. The standard InChI is InChI=1S/C18H18N2O3S/c21-16-18(7-10-24-12-18)19-17(22)20(16)8-9-23-15-6-5-13-3-1-2-4-14(13)11-15/h1-6,11H,7-10,12H2,(H,19,22)/t18-/m0/s1. The van der Waals surface area contributed by atoms with Crippen LogP contribution < -0.4 is 10.1 Å². The van der Waals surface area contributed by atoms with E-state index in [2.05, 4.69) is 5.32 Å². The number of hydrogen-bond donors (Lipinski definition) is 1. The SMILES string of the molecule is O=C1N[C@]2(CCSC2)C(=O)N1CCOc1ccc2ccccc2c1. The molecule has 6 heteroatoms. The van der Waals surface area contributed by atoms with Gasteiger partial charge in [-0.3, -0.25) is 9.69 Å². The molecule has 2 aliphatic rings. The van der Waals surface area contributed by atoms with Crippen molar-refractivity contribution in [3.8, 4) is 5.75 Å². The van der Waals surface area contributed by atoms with Crippen LogP contribution in [0.2, 0.25) is 0 Å². The molecule has 124 valence electrons. The zero-order valence-corrected chi connectivity index (χ0v) is 14.0. The summed E-state index contributed by atoms with van der Waals surface area (Å²) in [5.41, 5.74) is -0.676. The van der Waals surface area contributed by atoms with Crippen molar-refractivity contribution in [2.24, 2.45) is 0 Å². The van der Waals surface area contributed by atoms with Crippen LogP contribution >= 0.6 is 11.8 Å². The van der Waals surface area contributed by atoms with Gasteiger partial charge in [-0.05, 0) is 35.1 Å². The summed E-state index contributed by atoms with van der Waals surface area (Å²) in [7, 11) is 0. The van der Waals surface area contributed by atoms with Crippen LogP contribution in [0.25, 0.3) is 10.8 Å². The van der Waals surface area contributed by atoms with E-state index >= 15 is 0 Å². The van der Waals surface area contributed by atoms with Gasteiger partial charge in [-0.15, -0.1) is 0 Å². The third kappa shape index (κ3) is 2.60. The van der Waals surface area contributed by atoms with Gasteiger partial charge >= 0.3 is 6.03 Å². The molecule has 5 nitrogen and oxygen atoms in total. The van der Waals surface area contributed by atoms with Gasteiger partial charge in [0.2, 0.25) is 0 Å². The number of nitrogens with zero attached hydrogens (tertiary/aromatic N) is 1. The van der Waals surface area contributed by atoms with Crippen LogP contribution in [0.4, 0.5) is 4.79 Å². The average Bonchev–Trinajstić information content (AvgIpc) is 3.15. The molecule has 0 radical (unpaired) electrons. The summed E-state index contributed by atoms with van der Waals surface area (Å²) in [6, 6.07) is 13.6. The Kier molecular flexibility index (Phi) is 3.84. The van der Waals surface area contributed by atoms with Crippen molar-refractivity contribution >= 4 is 34.5 Å². The number of hydrogen-bond acceptors (Lipinski definition) is 4. The van der Waals surface area contributed by atoms with Crippen molar-refractivity contribution in [3.05, 3.63) is 42.5 Å². The Morgan fingerprint density at radius 2 is 2.00 bits per heavy atom. The van der Waals surface area contributed by atoms with E-state index in [0.717, 1.165) is 22.3 Å². The number of benzene rings is 2. The van der Waals surface area contributed by atoms with Crippen LogP contribution in [0, 0.1) is 0 Å². The third-order valence-electron chi connectivity index (χ3n) is 4.57. The molecule has 0 aromatic heterocycles. The molecule has 3 amide bonds. The molecule has 1 spiro atoms. The Labute approximate surface area is 144 Å². The van der Waals surface area contributed by atoms with E-state index in [0.29, 0.717) is 18.8 Å². The lowest BCUT2D eigenvalue weighted by atomic mass is 9.99. The number of carbonyl (C=O) groups excluding carboxylic acids is 2. The highest BCUT2D eigenvalue weighted by molar-refractivity contribution is 7.99. The third-order valence-corrected chi connectivity index (χ3v) is 5.76. The molecule has 0 bridgehead atoms. The number of amides is 3. The fourth-order valence-electron chi connectivity index (χ4n) is 3.22. The lowest BCUT2D eigenvalue weighted by Crippen LogP contribution is -2.47. The highest BCUT2D eigenvalue weighted by Crippen LogP contribution is 2.33. The number of thioether (sulfide) groups is 1. The molecule has 2 aromatic carbocycles. The zero-order chi connectivity index (χ0) is 16.6. The molecular weight excluding hydrogens is 324 g/mol. The van der Waals surface area contributed by atoms with Crippen LogP contribution in [0.3, 0.4) is 0 Å². The van der Waals surface area contributed by atoms with E-state index in [9.17, 15) is 9.59 Å². The maximum absolute atomic E-state index is 12.5. The Morgan fingerprint density at radius 1 is 1.17 bits per heavy atom. The second kappa shape index (κ2) is 6.02. The Hall–Kier alpha value is -2.21. The molecule has 2 aliphatic heterocycles. The molecule has 0 saturated carbocycles. The monoisotopic (exact) mass is 342 g/mol. The summed E-state index contributed by atoms with van der Waals surface area (Å²) in [6.45, 7) is 0.560. The van der Waals surface area contributed by atoms with Gasteiger partial charge in [-0.1, -0.05) is 30.3 Å². The maximum atomic E-state index is 12.5. The van der Waals surface area contributed by atoms with Crippen molar-refractivity contribution in [2.75, 3.05) is 24.7 Å². The number of fused-ring (bicyclic) bond motifs is 1. The second-order valence-corrected chi connectivity index (χ2v) is 7.23. The fourth-order valence-corrected chi connectivity index (χ4v) is 4.55. The van der Waals surface area contributed by atoms with E-state index in [1.54, 1.807) is 11.8 Å². The fraction of sp³-hybridized carbons (Fsp3) is 0.333. The van der Waals surface area contributed by atoms with Crippen LogP contribution in [-0.4, -0.2) is 47.0 Å². The summed E-state index contributed by atoms with van der Waals surface area (Å²) in [4.78, 5) is 25.9. The summed E-state index contributed by atoms with van der Waals surface area (Å²) in [5, 5.41) is 5.12. The van der Waals surface area contributed by atoms with E-state index in [4.69, 9.17) is 4.74 Å². The molecule has 2 fully saturated rings. The Morgan fingerprint density at radius 3 is 2.79 bits per heavy atom. The molecule has 2 heterocycles. The lowest BCUT2D eigenvalue weighted by molar-refractivity contribution is -0.130. The summed E-state index contributed by atoms with van der Waals surface area (Å²) in [6.07, 6.45) is 0.713. The highest BCUT2D eigenvalue weighted by atomic mass is 32.2. The number of nitrogens with one attached hydrogen (secondary N) is 1. The van der Waals surface area contributed by atoms with Crippen molar-refractivity contribution in [2.45, 2.75) is 12.0 Å². The molecule has 1 N–H and O–H groups in total. The van der Waals surface area contributed by atoms with Crippen molar-refractivity contribution < 1.29 is 14.3 Å². The Bertz CT molecular complexity index is 802. The zero-order valence-electron chi connectivity index (χ0n) is 13.2. The van der Waals surface area contributed by atoms with Gasteiger partial charge in [-0.25, -0.2) is 4.79 Å². The first-order valence-corrected chi connectivity index (χ1v) is 9.17. The minimum atomic E-state index is -0.676. The summed E-state index contributed by atoms with van der Waals surface area (Å²) in [5.74, 6) is 2.21. The number of ether oxygens (including phenoxy) is 1. The first-order valence-electron chi connectivity index (χ1n) is 8.01. The summed E-state index contributed by atoms with van der Waals surface area (Å²) >= 11 is 1.71. The van der Waals surface area contributed by atoms with E-state index in [1.165, 1.54) is 4.90 Å². The number of urea groups is 1.